The van der Waals surface area contributed by atoms with E-state index in [9.17, 15) is 0 Å². The smallest absolute Gasteiger partial charge is 0.162 e. The molecule has 3 nitrogen and oxygen atoms in total. The third-order valence-corrected chi connectivity index (χ3v) is 4.21. The number of hydrogen-bond acceptors (Lipinski definition) is 3. The van der Waals surface area contributed by atoms with Crippen LogP contribution in [0.4, 0.5) is 5.69 Å². The van der Waals surface area contributed by atoms with Crippen molar-refractivity contribution >= 4 is 5.69 Å². The Labute approximate surface area is 116 Å². The molecule has 1 aromatic carbocycles. The van der Waals surface area contributed by atoms with Gasteiger partial charge >= 0.3 is 0 Å². The highest BCUT2D eigenvalue weighted by atomic mass is 16.5. The number of rotatable bonds is 5. The van der Waals surface area contributed by atoms with Crippen LogP contribution in [0.15, 0.2) is 12.1 Å². The van der Waals surface area contributed by atoms with Crippen LogP contribution in [0, 0.1) is 12.8 Å². The molecular formula is C16H25NO2. The summed E-state index contributed by atoms with van der Waals surface area (Å²) in [5.41, 5.74) is 2.37. The minimum absolute atomic E-state index is 0.599. The number of anilines is 1. The number of aryl methyl sites for hydroxylation is 1. The van der Waals surface area contributed by atoms with Gasteiger partial charge in [0.1, 0.15) is 0 Å². The van der Waals surface area contributed by atoms with Gasteiger partial charge in [0.15, 0.2) is 11.5 Å². The summed E-state index contributed by atoms with van der Waals surface area (Å²) >= 11 is 0. The molecule has 0 aromatic heterocycles. The molecule has 1 aliphatic rings. The van der Waals surface area contributed by atoms with Crippen molar-refractivity contribution in [1.82, 2.24) is 0 Å². The maximum Gasteiger partial charge on any atom is 0.162 e. The Morgan fingerprint density at radius 3 is 2.42 bits per heavy atom. The van der Waals surface area contributed by atoms with Crippen molar-refractivity contribution in [3.05, 3.63) is 17.7 Å². The summed E-state index contributed by atoms with van der Waals surface area (Å²) in [7, 11) is 3.35. The van der Waals surface area contributed by atoms with Crippen molar-refractivity contribution in [1.29, 1.82) is 0 Å². The third kappa shape index (κ3) is 3.14. The Morgan fingerprint density at radius 2 is 1.84 bits per heavy atom. The van der Waals surface area contributed by atoms with Gasteiger partial charge in [0.2, 0.25) is 0 Å². The fourth-order valence-electron chi connectivity index (χ4n) is 2.93. The lowest BCUT2D eigenvalue weighted by Gasteiger charge is -2.18. The van der Waals surface area contributed by atoms with Gasteiger partial charge in [-0.3, -0.25) is 0 Å². The SMILES string of the molecule is CCC1CCC(Nc2cc(OC)c(OC)cc2C)C1. The summed E-state index contributed by atoms with van der Waals surface area (Å²) in [6, 6.07) is 4.68. The predicted octanol–water partition coefficient (Wildman–Crippen LogP) is 4.00. The number of methoxy groups -OCH3 is 2. The Bertz CT molecular complexity index is 431. The van der Waals surface area contributed by atoms with E-state index in [2.05, 4.69) is 19.2 Å². The van der Waals surface area contributed by atoms with Gasteiger partial charge in [-0.25, -0.2) is 0 Å². The Hall–Kier alpha value is -1.38. The van der Waals surface area contributed by atoms with Gasteiger partial charge in [0.05, 0.1) is 14.2 Å². The van der Waals surface area contributed by atoms with Crippen LogP contribution in [-0.2, 0) is 0 Å². The van der Waals surface area contributed by atoms with Crippen LogP contribution in [0.3, 0.4) is 0 Å². The first kappa shape index (κ1) is 14.0. The van der Waals surface area contributed by atoms with E-state index in [1.54, 1.807) is 14.2 Å². The van der Waals surface area contributed by atoms with Crippen LogP contribution in [0.1, 0.15) is 38.2 Å². The molecule has 0 spiro atoms. The highest BCUT2D eigenvalue weighted by Crippen LogP contribution is 2.35. The first-order valence-electron chi connectivity index (χ1n) is 7.17. The monoisotopic (exact) mass is 263 g/mol. The number of nitrogens with one attached hydrogen (secondary N) is 1. The van der Waals surface area contributed by atoms with Crippen LogP contribution in [-0.4, -0.2) is 20.3 Å². The van der Waals surface area contributed by atoms with Crippen LogP contribution in [0.25, 0.3) is 0 Å². The van der Waals surface area contributed by atoms with E-state index < -0.39 is 0 Å². The summed E-state index contributed by atoms with van der Waals surface area (Å²) in [5.74, 6) is 2.47. The van der Waals surface area contributed by atoms with E-state index >= 15 is 0 Å². The number of ether oxygens (including phenoxy) is 2. The lowest BCUT2D eigenvalue weighted by molar-refractivity contribution is 0.355. The zero-order chi connectivity index (χ0) is 13.8. The van der Waals surface area contributed by atoms with Crippen LogP contribution in [0.5, 0.6) is 11.5 Å². The van der Waals surface area contributed by atoms with E-state index in [-0.39, 0.29) is 0 Å². The molecule has 0 heterocycles. The Balaban J connectivity index is 2.12. The molecule has 2 unspecified atom stereocenters. The maximum absolute atomic E-state index is 5.37. The second kappa shape index (κ2) is 6.18. The lowest BCUT2D eigenvalue weighted by atomic mass is 10.1. The number of benzene rings is 1. The fraction of sp³-hybridized carbons (Fsp3) is 0.625. The van der Waals surface area contributed by atoms with E-state index in [4.69, 9.17) is 9.47 Å². The van der Waals surface area contributed by atoms with Crippen molar-refractivity contribution in [3.63, 3.8) is 0 Å². The van der Waals surface area contributed by atoms with E-state index in [1.807, 2.05) is 12.1 Å². The van der Waals surface area contributed by atoms with Crippen LogP contribution < -0.4 is 14.8 Å². The second-order valence-corrected chi connectivity index (χ2v) is 5.45. The summed E-state index contributed by atoms with van der Waals surface area (Å²) < 4.78 is 10.7. The van der Waals surface area contributed by atoms with Crippen molar-refractivity contribution < 1.29 is 9.47 Å². The van der Waals surface area contributed by atoms with Gasteiger partial charge in [-0.1, -0.05) is 13.3 Å². The van der Waals surface area contributed by atoms with Crippen molar-refractivity contribution in [2.45, 2.75) is 45.6 Å². The average Bonchev–Trinajstić information content (AvgIpc) is 2.88. The molecule has 1 aromatic rings. The summed E-state index contributed by atoms with van der Waals surface area (Å²) in [4.78, 5) is 0. The van der Waals surface area contributed by atoms with Gasteiger partial charge in [-0.2, -0.15) is 0 Å². The number of hydrogen-bond donors (Lipinski definition) is 1. The van der Waals surface area contributed by atoms with E-state index in [1.165, 1.54) is 36.9 Å². The summed E-state index contributed by atoms with van der Waals surface area (Å²) in [6.45, 7) is 4.39. The maximum atomic E-state index is 5.37. The van der Waals surface area contributed by atoms with Crippen molar-refractivity contribution in [2.24, 2.45) is 5.92 Å². The molecule has 1 fully saturated rings. The Morgan fingerprint density at radius 1 is 1.16 bits per heavy atom. The fourth-order valence-corrected chi connectivity index (χ4v) is 2.93. The normalized spacial score (nSPS) is 22.3. The highest BCUT2D eigenvalue weighted by molar-refractivity contribution is 5.60. The second-order valence-electron chi connectivity index (χ2n) is 5.45. The highest BCUT2D eigenvalue weighted by Gasteiger charge is 2.23. The molecule has 1 aliphatic carbocycles. The molecule has 0 amide bonds. The minimum Gasteiger partial charge on any atom is -0.493 e. The molecule has 0 saturated heterocycles. The molecule has 1 N–H and O–H groups in total. The van der Waals surface area contributed by atoms with E-state index in [0.29, 0.717) is 6.04 Å². The lowest BCUT2D eigenvalue weighted by Crippen LogP contribution is -2.16. The molecule has 0 bridgehead atoms. The zero-order valence-corrected chi connectivity index (χ0v) is 12.5. The predicted molar refractivity (Wildman–Crippen MR) is 79.3 cm³/mol. The first-order chi connectivity index (χ1) is 9.17. The minimum atomic E-state index is 0.599. The average molecular weight is 263 g/mol. The van der Waals surface area contributed by atoms with Crippen molar-refractivity contribution in [2.75, 3.05) is 19.5 Å². The van der Waals surface area contributed by atoms with E-state index in [0.717, 1.165) is 17.4 Å². The van der Waals surface area contributed by atoms with Gasteiger partial charge in [0, 0.05) is 17.8 Å². The summed E-state index contributed by atoms with van der Waals surface area (Å²) in [6.07, 6.45) is 5.19. The molecule has 0 aliphatic heterocycles. The van der Waals surface area contributed by atoms with Crippen LogP contribution >= 0.6 is 0 Å². The first-order valence-corrected chi connectivity index (χ1v) is 7.17. The zero-order valence-electron chi connectivity index (χ0n) is 12.5. The molecule has 3 heteroatoms. The molecule has 19 heavy (non-hydrogen) atoms. The summed E-state index contributed by atoms with van der Waals surface area (Å²) in [5, 5.41) is 3.66. The third-order valence-electron chi connectivity index (χ3n) is 4.21. The molecule has 2 rings (SSSR count). The molecule has 2 atom stereocenters. The van der Waals surface area contributed by atoms with Crippen molar-refractivity contribution in [3.8, 4) is 11.5 Å². The van der Waals surface area contributed by atoms with Gasteiger partial charge < -0.3 is 14.8 Å². The standard InChI is InChI=1S/C16H25NO2/c1-5-12-6-7-13(9-12)17-14-10-16(19-4)15(18-3)8-11(14)2/h8,10,12-13,17H,5-7,9H2,1-4H3. The Kier molecular flexibility index (Phi) is 4.56. The topological polar surface area (TPSA) is 30.5 Å². The molecule has 106 valence electrons. The molecule has 1 saturated carbocycles. The quantitative estimate of drug-likeness (QED) is 0.871. The van der Waals surface area contributed by atoms with Gasteiger partial charge in [-0.15, -0.1) is 0 Å². The van der Waals surface area contributed by atoms with Gasteiger partial charge in [-0.05, 0) is 43.7 Å². The van der Waals surface area contributed by atoms with Crippen LogP contribution in [0.2, 0.25) is 0 Å². The molecule has 0 radical (unpaired) electrons. The molecular weight excluding hydrogens is 238 g/mol. The largest absolute Gasteiger partial charge is 0.493 e. The van der Waals surface area contributed by atoms with Gasteiger partial charge in [0.25, 0.3) is 0 Å².